The molecule has 24 heavy (non-hydrogen) atoms. The summed E-state index contributed by atoms with van der Waals surface area (Å²) in [6.07, 6.45) is -0.147. The SMILES string of the molecule is CCNC(=NCC(C)Oc1ccc(F)cc1)NCCNC(C)=O.I. The van der Waals surface area contributed by atoms with Gasteiger partial charge in [-0.2, -0.15) is 0 Å². The Hall–Kier alpha value is -1.58. The average Bonchev–Trinajstić information content (AvgIpc) is 2.51. The molecule has 1 rings (SSSR count). The van der Waals surface area contributed by atoms with Gasteiger partial charge in [-0.3, -0.25) is 4.79 Å². The zero-order valence-electron chi connectivity index (χ0n) is 14.3. The molecule has 3 N–H and O–H groups in total. The van der Waals surface area contributed by atoms with Gasteiger partial charge >= 0.3 is 0 Å². The fourth-order valence-corrected chi connectivity index (χ4v) is 1.76. The molecule has 0 aliphatic rings. The van der Waals surface area contributed by atoms with E-state index in [1.165, 1.54) is 19.1 Å². The van der Waals surface area contributed by atoms with Gasteiger partial charge in [0, 0.05) is 26.6 Å². The van der Waals surface area contributed by atoms with Crippen molar-refractivity contribution in [1.29, 1.82) is 0 Å². The van der Waals surface area contributed by atoms with Crippen LogP contribution in [-0.4, -0.2) is 44.1 Å². The Morgan fingerprint density at radius 1 is 1.21 bits per heavy atom. The average molecular weight is 452 g/mol. The molecule has 8 heteroatoms. The minimum atomic E-state index is -0.291. The van der Waals surface area contributed by atoms with E-state index in [2.05, 4.69) is 20.9 Å². The van der Waals surface area contributed by atoms with E-state index in [-0.39, 0.29) is 41.8 Å². The lowest BCUT2D eigenvalue weighted by molar-refractivity contribution is -0.118. The van der Waals surface area contributed by atoms with Gasteiger partial charge in [-0.1, -0.05) is 0 Å². The van der Waals surface area contributed by atoms with E-state index in [1.54, 1.807) is 12.1 Å². The number of nitrogens with one attached hydrogen (secondary N) is 3. The van der Waals surface area contributed by atoms with Crippen LogP contribution in [0.3, 0.4) is 0 Å². The maximum atomic E-state index is 12.8. The molecule has 0 aliphatic heterocycles. The molecule has 0 aromatic heterocycles. The van der Waals surface area contributed by atoms with Crippen molar-refractivity contribution >= 4 is 35.8 Å². The predicted molar refractivity (Wildman–Crippen MR) is 105 cm³/mol. The molecule has 0 heterocycles. The van der Waals surface area contributed by atoms with E-state index < -0.39 is 0 Å². The number of benzene rings is 1. The molecule has 0 aliphatic carbocycles. The summed E-state index contributed by atoms with van der Waals surface area (Å²) >= 11 is 0. The molecule has 0 spiro atoms. The number of halogens is 2. The van der Waals surface area contributed by atoms with Gasteiger partial charge in [0.1, 0.15) is 17.7 Å². The largest absolute Gasteiger partial charge is 0.489 e. The number of rotatable bonds is 8. The molecule has 0 radical (unpaired) electrons. The highest BCUT2D eigenvalue weighted by Crippen LogP contribution is 2.12. The molecular formula is C16H26FIN4O2. The molecule has 6 nitrogen and oxygen atoms in total. The van der Waals surface area contributed by atoms with Crippen LogP contribution in [-0.2, 0) is 4.79 Å². The topological polar surface area (TPSA) is 74.8 Å². The zero-order valence-corrected chi connectivity index (χ0v) is 16.6. The maximum Gasteiger partial charge on any atom is 0.216 e. The summed E-state index contributed by atoms with van der Waals surface area (Å²) in [5, 5.41) is 8.95. The molecule has 0 bridgehead atoms. The lowest BCUT2D eigenvalue weighted by Gasteiger charge is -2.15. The van der Waals surface area contributed by atoms with Gasteiger partial charge < -0.3 is 20.7 Å². The third kappa shape index (κ3) is 10.2. The van der Waals surface area contributed by atoms with Crippen LogP contribution < -0.4 is 20.7 Å². The Balaban J connectivity index is 0.00000529. The van der Waals surface area contributed by atoms with E-state index in [0.29, 0.717) is 31.3 Å². The first kappa shape index (κ1) is 22.4. The lowest BCUT2D eigenvalue weighted by atomic mass is 10.3. The third-order valence-corrected chi connectivity index (χ3v) is 2.79. The predicted octanol–water partition coefficient (Wildman–Crippen LogP) is 1.90. The van der Waals surface area contributed by atoms with Gasteiger partial charge in [0.25, 0.3) is 0 Å². The Kier molecular flexibility index (Phi) is 12.0. The zero-order chi connectivity index (χ0) is 17.1. The molecule has 0 saturated heterocycles. The highest BCUT2D eigenvalue weighted by molar-refractivity contribution is 14.0. The number of hydrogen-bond donors (Lipinski definition) is 3. The summed E-state index contributed by atoms with van der Waals surface area (Å²) in [5.41, 5.74) is 0. The van der Waals surface area contributed by atoms with Crippen molar-refractivity contribution in [3.05, 3.63) is 30.1 Å². The van der Waals surface area contributed by atoms with E-state index in [0.717, 1.165) is 6.54 Å². The number of amides is 1. The Bertz CT molecular complexity index is 511. The van der Waals surface area contributed by atoms with Crippen LogP contribution in [0.4, 0.5) is 4.39 Å². The molecule has 1 atom stereocenters. The number of ether oxygens (including phenoxy) is 1. The van der Waals surface area contributed by atoms with Crippen LogP contribution >= 0.6 is 24.0 Å². The second-order valence-electron chi connectivity index (χ2n) is 5.01. The summed E-state index contributed by atoms with van der Waals surface area (Å²) in [5.74, 6) is 0.918. The Morgan fingerprint density at radius 2 is 1.83 bits per heavy atom. The highest BCUT2D eigenvalue weighted by Gasteiger charge is 2.05. The molecule has 1 aromatic carbocycles. The summed E-state index contributed by atoms with van der Waals surface area (Å²) in [6, 6.07) is 5.90. The van der Waals surface area contributed by atoms with Gasteiger partial charge in [0.05, 0.1) is 6.54 Å². The van der Waals surface area contributed by atoms with Gasteiger partial charge in [0.2, 0.25) is 5.91 Å². The molecular weight excluding hydrogens is 426 g/mol. The highest BCUT2D eigenvalue weighted by atomic mass is 127. The number of carbonyl (C=O) groups is 1. The van der Waals surface area contributed by atoms with E-state index in [4.69, 9.17) is 4.74 Å². The van der Waals surface area contributed by atoms with Gasteiger partial charge in [-0.25, -0.2) is 9.38 Å². The van der Waals surface area contributed by atoms with E-state index in [1.807, 2.05) is 13.8 Å². The van der Waals surface area contributed by atoms with Crippen LogP contribution in [0, 0.1) is 5.82 Å². The number of hydrogen-bond acceptors (Lipinski definition) is 3. The van der Waals surface area contributed by atoms with Crippen LogP contribution in [0.25, 0.3) is 0 Å². The minimum absolute atomic E-state index is 0. The lowest BCUT2D eigenvalue weighted by Crippen LogP contribution is -2.41. The number of carbonyl (C=O) groups excluding carboxylic acids is 1. The van der Waals surface area contributed by atoms with Crippen molar-refractivity contribution in [2.75, 3.05) is 26.2 Å². The monoisotopic (exact) mass is 452 g/mol. The van der Waals surface area contributed by atoms with E-state index in [9.17, 15) is 9.18 Å². The van der Waals surface area contributed by atoms with Gasteiger partial charge in [-0.05, 0) is 38.1 Å². The number of guanidine groups is 1. The second kappa shape index (κ2) is 12.8. The van der Waals surface area contributed by atoms with Crippen molar-refractivity contribution in [3.8, 4) is 5.75 Å². The van der Waals surface area contributed by atoms with Crippen molar-refractivity contribution in [2.45, 2.75) is 26.9 Å². The van der Waals surface area contributed by atoms with Crippen LogP contribution in [0.1, 0.15) is 20.8 Å². The Morgan fingerprint density at radius 3 is 2.42 bits per heavy atom. The first-order valence-corrected chi connectivity index (χ1v) is 7.70. The fourth-order valence-electron chi connectivity index (χ4n) is 1.76. The quantitative estimate of drug-likeness (QED) is 0.244. The summed E-state index contributed by atoms with van der Waals surface area (Å²) in [4.78, 5) is 15.2. The third-order valence-electron chi connectivity index (χ3n) is 2.79. The number of nitrogens with zero attached hydrogens (tertiary/aromatic N) is 1. The van der Waals surface area contributed by atoms with Crippen LogP contribution in [0.2, 0.25) is 0 Å². The molecule has 0 fully saturated rings. The van der Waals surface area contributed by atoms with Crippen LogP contribution in [0.5, 0.6) is 5.75 Å². The van der Waals surface area contributed by atoms with Crippen molar-refractivity contribution in [2.24, 2.45) is 4.99 Å². The molecule has 1 amide bonds. The smallest absolute Gasteiger partial charge is 0.216 e. The fraction of sp³-hybridized carbons (Fsp3) is 0.500. The van der Waals surface area contributed by atoms with Crippen LogP contribution in [0.15, 0.2) is 29.3 Å². The standard InChI is InChI=1S/C16H25FN4O2.HI/c1-4-18-16(20-10-9-19-13(3)22)21-11-12(2)23-15-7-5-14(17)6-8-15;/h5-8,12H,4,9-11H2,1-3H3,(H,19,22)(H2,18,20,21);1H. The van der Waals surface area contributed by atoms with E-state index >= 15 is 0 Å². The molecule has 0 saturated carbocycles. The van der Waals surface area contributed by atoms with Crippen molar-refractivity contribution in [3.63, 3.8) is 0 Å². The first-order chi connectivity index (χ1) is 11.0. The van der Waals surface area contributed by atoms with Gasteiger partial charge in [-0.15, -0.1) is 24.0 Å². The molecule has 1 aromatic rings. The van der Waals surface area contributed by atoms with Gasteiger partial charge in [0.15, 0.2) is 5.96 Å². The normalized spacial score (nSPS) is 11.9. The second-order valence-corrected chi connectivity index (χ2v) is 5.01. The summed E-state index contributed by atoms with van der Waals surface area (Å²) in [7, 11) is 0. The molecule has 136 valence electrons. The molecule has 1 unspecified atom stereocenters. The van der Waals surface area contributed by atoms with Crippen molar-refractivity contribution < 1.29 is 13.9 Å². The Labute approximate surface area is 159 Å². The van der Waals surface area contributed by atoms with Crippen molar-refractivity contribution in [1.82, 2.24) is 16.0 Å². The summed E-state index contributed by atoms with van der Waals surface area (Å²) < 4.78 is 18.5. The maximum absolute atomic E-state index is 12.8. The number of aliphatic imine (C=N–C) groups is 1. The minimum Gasteiger partial charge on any atom is -0.489 e. The summed E-state index contributed by atoms with van der Waals surface area (Å²) in [6.45, 7) is 7.65. The first-order valence-electron chi connectivity index (χ1n) is 7.70.